The van der Waals surface area contributed by atoms with Crippen molar-refractivity contribution < 1.29 is 4.74 Å². The van der Waals surface area contributed by atoms with E-state index in [1.54, 1.807) is 0 Å². The van der Waals surface area contributed by atoms with E-state index in [-0.39, 0.29) is 17.8 Å². The fraction of sp³-hybridized carbons (Fsp3) is 0.700. The number of ether oxygens (including phenoxy) is 1. The molecule has 1 aliphatic heterocycles. The summed E-state index contributed by atoms with van der Waals surface area (Å²) < 4.78 is 5.84. The predicted molar refractivity (Wildman–Crippen MR) is 51.1 cm³/mol. The van der Waals surface area contributed by atoms with Crippen LogP contribution in [-0.4, -0.2) is 16.3 Å². The molecule has 2 atom stereocenters. The van der Waals surface area contributed by atoms with E-state index in [1.807, 2.05) is 0 Å². The van der Waals surface area contributed by atoms with Crippen LogP contribution >= 0.6 is 0 Å². The van der Waals surface area contributed by atoms with Crippen LogP contribution in [0.15, 0.2) is 4.79 Å². The van der Waals surface area contributed by atoms with Crippen LogP contribution in [0.1, 0.15) is 37.1 Å². The summed E-state index contributed by atoms with van der Waals surface area (Å²) >= 11 is 0. The van der Waals surface area contributed by atoms with Crippen molar-refractivity contribution in [3.05, 3.63) is 21.6 Å². The van der Waals surface area contributed by atoms with Crippen molar-refractivity contribution in [2.45, 2.75) is 38.4 Å². The Hall–Kier alpha value is -1.03. The highest BCUT2D eigenvalue weighted by molar-refractivity contribution is 5.24. The second-order valence-corrected chi connectivity index (χ2v) is 4.38. The second-order valence-electron chi connectivity index (χ2n) is 4.38. The maximum Gasteiger partial charge on any atom is 0.270 e. The van der Waals surface area contributed by atoms with Crippen molar-refractivity contribution >= 4 is 0 Å². The van der Waals surface area contributed by atoms with E-state index in [0.29, 0.717) is 5.92 Å². The zero-order chi connectivity index (χ0) is 9.71. The molecule has 4 nitrogen and oxygen atoms in total. The molecule has 1 saturated carbocycles. The molecular formula is C10H14N2O2. The number of hydrogen-bond donors (Lipinski definition) is 2. The molecule has 2 aliphatic rings. The smallest absolute Gasteiger partial charge is 0.270 e. The SMILES string of the molecule is CC1Cc2[nH][nH]c(=O)c2C(C2CC2)O1. The van der Waals surface area contributed by atoms with Crippen LogP contribution in [0.2, 0.25) is 0 Å². The van der Waals surface area contributed by atoms with Crippen molar-refractivity contribution in [1.82, 2.24) is 10.2 Å². The monoisotopic (exact) mass is 194 g/mol. The Labute approximate surface area is 81.6 Å². The first-order valence-electron chi connectivity index (χ1n) is 5.20. The average Bonchev–Trinajstić information content (AvgIpc) is 2.92. The molecule has 1 aromatic heterocycles. The van der Waals surface area contributed by atoms with Gasteiger partial charge in [-0.05, 0) is 25.7 Å². The van der Waals surface area contributed by atoms with E-state index < -0.39 is 0 Å². The predicted octanol–water partition coefficient (Wildman–Crippen LogP) is 1.12. The zero-order valence-electron chi connectivity index (χ0n) is 8.17. The first-order chi connectivity index (χ1) is 6.75. The summed E-state index contributed by atoms with van der Waals surface area (Å²) in [5.41, 5.74) is 1.90. The Morgan fingerprint density at radius 2 is 2.14 bits per heavy atom. The van der Waals surface area contributed by atoms with E-state index in [9.17, 15) is 4.79 Å². The number of H-pyrrole nitrogens is 2. The topological polar surface area (TPSA) is 57.9 Å². The highest BCUT2D eigenvalue weighted by atomic mass is 16.5. The van der Waals surface area contributed by atoms with Gasteiger partial charge in [0.1, 0.15) is 0 Å². The lowest BCUT2D eigenvalue weighted by atomic mass is 9.99. The third kappa shape index (κ3) is 1.14. The van der Waals surface area contributed by atoms with E-state index in [0.717, 1.165) is 17.7 Å². The van der Waals surface area contributed by atoms with Crippen LogP contribution in [-0.2, 0) is 11.2 Å². The van der Waals surface area contributed by atoms with Gasteiger partial charge in [0.05, 0.1) is 17.8 Å². The lowest BCUT2D eigenvalue weighted by Crippen LogP contribution is -2.27. The molecule has 2 heterocycles. The molecule has 1 fully saturated rings. The number of aromatic amines is 2. The minimum atomic E-state index is 0.00352. The van der Waals surface area contributed by atoms with Gasteiger partial charge in [0, 0.05) is 12.1 Å². The normalized spacial score (nSPS) is 31.5. The molecule has 0 aromatic carbocycles. The standard InChI is InChI=1S/C10H14N2O2/c1-5-4-7-8(10(13)12-11-7)9(14-5)6-2-3-6/h5-6,9H,2-4H2,1H3,(H2,11,12,13). The number of hydrogen-bond acceptors (Lipinski definition) is 2. The van der Waals surface area contributed by atoms with Gasteiger partial charge < -0.3 is 9.84 Å². The Morgan fingerprint density at radius 1 is 1.36 bits per heavy atom. The first kappa shape index (κ1) is 8.29. The molecule has 0 bridgehead atoms. The molecule has 2 unspecified atom stereocenters. The minimum absolute atomic E-state index is 0.00352. The molecule has 1 aliphatic carbocycles. The van der Waals surface area contributed by atoms with Crippen molar-refractivity contribution in [3.63, 3.8) is 0 Å². The van der Waals surface area contributed by atoms with Crippen molar-refractivity contribution in [1.29, 1.82) is 0 Å². The van der Waals surface area contributed by atoms with Gasteiger partial charge >= 0.3 is 0 Å². The van der Waals surface area contributed by atoms with Gasteiger partial charge in [-0.15, -0.1) is 0 Å². The molecule has 0 saturated heterocycles. The van der Waals surface area contributed by atoms with Gasteiger partial charge in [-0.1, -0.05) is 0 Å². The quantitative estimate of drug-likeness (QED) is 0.703. The number of rotatable bonds is 1. The second kappa shape index (κ2) is 2.73. The van der Waals surface area contributed by atoms with Crippen molar-refractivity contribution in [3.8, 4) is 0 Å². The molecule has 1 aromatic rings. The van der Waals surface area contributed by atoms with E-state index in [4.69, 9.17) is 4.74 Å². The van der Waals surface area contributed by atoms with Gasteiger partial charge in [-0.2, -0.15) is 0 Å². The Kier molecular flexibility index (Phi) is 1.62. The van der Waals surface area contributed by atoms with Gasteiger partial charge in [0.15, 0.2) is 0 Å². The zero-order valence-corrected chi connectivity index (χ0v) is 8.17. The first-order valence-corrected chi connectivity index (χ1v) is 5.20. The lowest BCUT2D eigenvalue weighted by molar-refractivity contribution is -0.0286. The van der Waals surface area contributed by atoms with Gasteiger partial charge in [0.25, 0.3) is 5.56 Å². The van der Waals surface area contributed by atoms with Gasteiger partial charge in [0.2, 0.25) is 0 Å². The summed E-state index contributed by atoms with van der Waals surface area (Å²) in [4.78, 5) is 11.5. The maximum atomic E-state index is 11.5. The number of fused-ring (bicyclic) bond motifs is 1. The molecule has 0 radical (unpaired) electrons. The van der Waals surface area contributed by atoms with Crippen molar-refractivity contribution in [2.75, 3.05) is 0 Å². The number of nitrogens with one attached hydrogen (secondary N) is 2. The highest BCUT2D eigenvalue weighted by Crippen LogP contribution is 2.45. The molecule has 0 spiro atoms. The largest absolute Gasteiger partial charge is 0.370 e. The Bertz CT molecular complexity index is 402. The van der Waals surface area contributed by atoms with Crippen LogP contribution in [0.5, 0.6) is 0 Å². The summed E-state index contributed by atoms with van der Waals surface area (Å²) in [6.45, 7) is 2.06. The van der Waals surface area contributed by atoms with Crippen LogP contribution in [0, 0.1) is 5.92 Å². The fourth-order valence-corrected chi connectivity index (χ4v) is 2.27. The molecule has 3 rings (SSSR count). The molecule has 0 amide bonds. The minimum Gasteiger partial charge on any atom is -0.370 e. The highest BCUT2D eigenvalue weighted by Gasteiger charge is 2.40. The third-order valence-corrected chi connectivity index (χ3v) is 3.10. The van der Waals surface area contributed by atoms with E-state index in [2.05, 4.69) is 17.1 Å². The Morgan fingerprint density at radius 3 is 2.86 bits per heavy atom. The third-order valence-electron chi connectivity index (χ3n) is 3.10. The summed E-state index contributed by atoms with van der Waals surface area (Å²) in [6.07, 6.45) is 3.48. The fourth-order valence-electron chi connectivity index (χ4n) is 2.27. The van der Waals surface area contributed by atoms with E-state index >= 15 is 0 Å². The molecular weight excluding hydrogens is 180 g/mol. The molecule has 76 valence electrons. The maximum absolute atomic E-state index is 11.5. The molecule has 2 N–H and O–H groups in total. The van der Waals surface area contributed by atoms with Crippen molar-refractivity contribution in [2.24, 2.45) is 5.92 Å². The average molecular weight is 194 g/mol. The van der Waals surface area contributed by atoms with E-state index in [1.165, 1.54) is 12.8 Å². The van der Waals surface area contributed by atoms with Crippen LogP contribution in [0.3, 0.4) is 0 Å². The summed E-state index contributed by atoms with van der Waals surface area (Å²) in [6, 6.07) is 0. The van der Waals surface area contributed by atoms with Crippen LogP contribution < -0.4 is 5.56 Å². The van der Waals surface area contributed by atoms with Crippen LogP contribution in [0.4, 0.5) is 0 Å². The van der Waals surface area contributed by atoms with Gasteiger partial charge in [-0.25, -0.2) is 0 Å². The Balaban J connectivity index is 2.06. The molecule has 14 heavy (non-hydrogen) atoms. The number of aromatic nitrogens is 2. The summed E-state index contributed by atoms with van der Waals surface area (Å²) in [7, 11) is 0. The molecule has 4 heteroatoms. The lowest BCUT2D eigenvalue weighted by Gasteiger charge is -2.27. The summed E-state index contributed by atoms with van der Waals surface area (Å²) in [5, 5.41) is 5.60. The summed E-state index contributed by atoms with van der Waals surface area (Å²) in [5.74, 6) is 0.577. The van der Waals surface area contributed by atoms with Crippen LogP contribution in [0.25, 0.3) is 0 Å². The van der Waals surface area contributed by atoms with Gasteiger partial charge in [-0.3, -0.25) is 9.89 Å².